The van der Waals surface area contributed by atoms with Crippen molar-refractivity contribution in [2.24, 2.45) is 0 Å². The number of nitrogens with zero attached hydrogens (tertiary/aromatic N) is 2. The van der Waals surface area contributed by atoms with Crippen molar-refractivity contribution in [1.29, 1.82) is 0 Å². The molecule has 0 saturated heterocycles. The molecule has 0 aliphatic carbocycles. The summed E-state index contributed by atoms with van der Waals surface area (Å²) in [6, 6.07) is 2.43. The van der Waals surface area contributed by atoms with Crippen LogP contribution in [0.25, 0.3) is 0 Å². The summed E-state index contributed by atoms with van der Waals surface area (Å²) in [5.74, 6) is 1.01. The Labute approximate surface area is 124 Å². The van der Waals surface area contributed by atoms with Crippen molar-refractivity contribution in [3.8, 4) is 0 Å². The van der Waals surface area contributed by atoms with E-state index in [9.17, 15) is 0 Å². The van der Waals surface area contributed by atoms with Gasteiger partial charge in [-0.05, 0) is 25.0 Å². The molecule has 0 N–H and O–H groups in total. The first-order valence-electron chi connectivity index (χ1n) is 6.40. The van der Waals surface area contributed by atoms with Crippen LogP contribution in [0.2, 0.25) is 0 Å². The lowest BCUT2D eigenvalue weighted by Crippen LogP contribution is -2.39. The Morgan fingerprint density at radius 3 is 2.63 bits per heavy atom. The van der Waals surface area contributed by atoms with Crippen molar-refractivity contribution in [3.05, 3.63) is 23.4 Å². The Kier molecular flexibility index (Phi) is 7.34. The maximum atomic E-state index is 5.25. The van der Waals surface area contributed by atoms with Crippen molar-refractivity contribution >= 4 is 21.7 Å². The number of aryl methyl sites for hydroxylation is 1. The third-order valence-electron chi connectivity index (χ3n) is 3.01. The van der Waals surface area contributed by atoms with Crippen molar-refractivity contribution < 1.29 is 9.47 Å². The Hall–Kier alpha value is -0.650. The largest absolute Gasteiger partial charge is 0.383 e. The summed E-state index contributed by atoms with van der Waals surface area (Å²) in [6.45, 7) is 6.38. The summed E-state index contributed by atoms with van der Waals surface area (Å²) in [7, 11) is 3.44. The zero-order valence-electron chi connectivity index (χ0n) is 12.1. The Morgan fingerprint density at radius 2 is 2.11 bits per heavy atom. The molecular weight excluding hydrogens is 308 g/mol. The first kappa shape index (κ1) is 16.4. The number of ether oxygens (including phenoxy) is 2. The summed E-state index contributed by atoms with van der Waals surface area (Å²) in [5, 5.41) is 0.826. The van der Waals surface area contributed by atoms with Crippen LogP contribution in [0.3, 0.4) is 0 Å². The molecule has 0 amide bonds. The highest BCUT2D eigenvalue weighted by molar-refractivity contribution is 9.08. The number of halogens is 1. The minimum atomic E-state index is 0.265. The van der Waals surface area contributed by atoms with E-state index in [0.717, 1.165) is 17.7 Å². The molecule has 108 valence electrons. The quantitative estimate of drug-likeness (QED) is 0.686. The van der Waals surface area contributed by atoms with Gasteiger partial charge in [-0.2, -0.15) is 0 Å². The minimum Gasteiger partial charge on any atom is -0.383 e. The Balaban J connectivity index is 2.95. The van der Waals surface area contributed by atoms with Gasteiger partial charge in [-0.25, -0.2) is 4.98 Å². The molecule has 19 heavy (non-hydrogen) atoms. The van der Waals surface area contributed by atoms with Gasteiger partial charge in [0.1, 0.15) is 5.82 Å². The van der Waals surface area contributed by atoms with Crippen molar-refractivity contribution in [2.45, 2.75) is 25.2 Å². The average Bonchev–Trinajstić information content (AvgIpc) is 2.40. The Bertz CT molecular complexity index is 388. The van der Waals surface area contributed by atoms with Crippen LogP contribution in [0.5, 0.6) is 0 Å². The van der Waals surface area contributed by atoms with Gasteiger partial charge in [0.05, 0.1) is 19.3 Å². The van der Waals surface area contributed by atoms with E-state index in [1.807, 2.05) is 6.20 Å². The van der Waals surface area contributed by atoms with Crippen LogP contribution in [0, 0.1) is 6.92 Å². The first-order valence-corrected chi connectivity index (χ1v) is 7.52. The van der Waals surface area contributed by atoms with E-state index in [4.69, 9.17) is 9.47 Å². The number of alkyl halides is 1. The lowest BCUT2D eigenvalue weighted by Gasteiger charge is -2.31. The fraction of sp³-hybridized carbons (Fsp3) is 0.643. The molecule has 1 heterocycles. The number of pyridine rings is 1. The molecule has 0 bridgehead atoms. The fourth-order valence-corrected chi connectivity index (χ4v) is 2.36. The van der Waals surface area contributed by atoms with Crippen LogP contribution in [-0.4, -0.2) is 45.0 Å². The molecule has 1 rings (SSSR count). The number of rotatable bonds is 8. The molecule has 0 aliphatic rings. The fourth-order valence-electron chi connectivity index (χ4n) is 2.06. The van der Waals surface area contributed by atoms with E-state index in [2.05, 4.69) is 45.7 Å². The Morgan fingerprint density at radius 1 is 1.37 bits per heavy atom. The molecule has 0 spiro atoms. The summed E-state index contributed by atoms with van der Waals surface area (Å²) in [5.41, 5.74) is 2.36. The first-order chi connectivity index (χ1) is 9.13. The number of anilines is 1. The SMILES string of the molecule is COCCN(c1ncc(CBr)cc1C)C(C)COC. The van der Waals surface area contributed by atoms with E-state index in [0.29, 0.717) is 13.2 Å². The van der Waals surface area contributed by atoms with Crippen LogP contribution in [0.1, 0.15) is 18.1 Å². The predicted molar refractivity (Wildman–Crippen MR) is 82.2 cm³/mol. The molecule has 0 aromatic carbocycles. The number of hydrogen-bond donors (Lipinski definition) is 0. The van der Waals surface area contributed by atoms with Crippen LogP contribution < -0.4 is 4.90 Å². The highest BCUT2D eigenvalue weighted by Crippen LogP contribution is 2.21. The molecule has 1 aromatic heterocycles. The van der Waals surface area contributed by atoms with Crippen LogP contribution in [-0.2, 0) is 14.8 Å². The van der Waals surface area contributed by atoms with E-state index in [1.165, 1.54) is 11.1 Å². The van der Waals surface area contributed by atoms with Gasteiger partial charge in [-0.3, -0.25) is 0 Å². The highest BCUT2D eigenvalue weighted by atomic mass is 79.9. The van der Waals surface area contributed by atoms with Crippen molar-refractivity contribution in [3.63, 3.8) is 0 Å². The van der Waals surface area contributed by atoms with Gasteiger partial charge < -0.3 is 14.4 Å². The highest BCUT2D eigenvalue weighted by Gasteiger charge is 2.17. The standard InChI is InChI=1S/C14H23BrN2O2/c1-11-7-13(8-15)9-16-14(11)17(5-6-18-3)12(2)10-19-4/h7,9,12H,5-6,8,10H2,1-4H3. The minimum absolute atomic E-state index is 0.265. The van der Waals surface area contributed by atoms with E-state index < -0.39 is 0 Å². The van der Waals surface area contributed by atoms with Gasteiger partial charge in [0.25, 0.3) is 0 Å². The molecule has 1 atom stereocenters. The molecule has 0 radical (unpaired) electrons. The summed E-state index contributed by atoms with van der Waals surface area (Å²) >= 11 is 3.46. The maximum Gasteiger partial charge on any atom is 0.131 e. The average molecular weight is 331 g/mol. The third-order valence-corrected chi connectivity index (χ3v) is 3.66. The van der Waals surface area contributed by atoms with E-state index >= 15 is 0 Å². The number of hydrogen-bond acceptors (Lipinski definition) is 4. The van der Waals surface area contributed by atoms with Gasteiger partial charge in [-0.15, -0.1) is 0 Å². The van der Waals surface area contributed by atoms with Crippen LogP contribution >= 0.6 is 15.9 Å². The second-order valence-electron chi connectivity index (χ2n) is 4.61. The topological polar surface area (TPSA) is 34.6 Å². The van der Waals surface area contributed by atoms with E-state index in [-0.39, 0.29) is 6.04 Å². The van der Waals surface area contributed by atoms with Gasteiger partial charge in [0.2, 0.25) is 0 Å². The molecule has 0 aliphatic heterocycles. The second-order valence-corrected chi connectivity index (χ2v) is 5.17. The molecular formula is C14H23BrN2O2. The van der Waals surface area contributed by atoms with Gasteiger partial charge >= 0.3 is 0 Å². The molecule has 0 fully saturated rings. The van der Waals surface area contributed by atoms with Crippen molar-refractivity contribution in [2.75, 3.05) is 38.9 Å². The van der Waals surface area contributed by atoms with Gasteiger partial charge in [-0.1, -0.05) is 22.0 Å². The number of methoxy groups -OCH3 is 2. The molecule has 1 unspecified atom stereocenters. The smallest absolute Gasteiger partial charge is 0.131 e. The van der Waals surface area contributed by atoms with Crippen molar-refractivity contribution in [1.82, 2.24) is 4.98 Å². The molecule has 5 heteroatoms. The van der Waals surface area contributed by atoms with Gasteiger partial charge in [0.15, 0.2) is 0 Å². The monoisotopic (exact) mass is 330 g/mol. The lowest BCUT2D eigenvalue weighted by atomic mass is 10.2. The van der Waals surface area contributed by atoms with E-state index in [1.54, 1.807) is 14.2 Å². The normalized spacial score (nSPS) is 12.5. The summed E-state index contributed by atoms with van der Waals surface area (Å²) in [6.07, 6.45) is 1.91. The number of aromatic nitrogens is 1. The molecule has 1 aromatic rings. The zero-order chi connectivity index (χ0) is 14.3. The summed E-state index contributed by atoms with van der Waals surface area (Å²) in [4.78, 5) is 6.83. The maximum absolute atomic E-state index is 5.25. The van der Waals surface area contributed by atoms with Crippen LogP contribution in [0.4, 0.5) is 5.82 Å². The van der Waals surface area contributed by atoms with Crippen LogP contribution in [0.15, 0.2) is 12.3 Å². The lowest BCUT2D eigenvalue weighted by molar-refractivity contribution is 0.170. The molecule has 0 saturated carbocycles. The van der Waals surface area contributed by atoms with Gasteiger partial charge in [0, 0.05) is 32.3 Å². The molecule has 4 nitrogen and oxygen atoms in total. The summed E-state index contributed by atoms with van der Waals surface area (Å²) < 4.78 is 10.4. The third kappa shape index (κ3) is 4.75. The predicted octanol–water partition coefficient (Wildman–Crippen LogP) is 2.77. The zero-order valence-corrected chi connectivity index (χ0v) is 13.7. The second kappa shape index (κ2) is 8.51.